The van der Waals surface area contributed by atoms with Crippen LogP contribution in [0.25, 0.3) is 0 Å². The van der Waals surface area contributed by atoms with Gasteiger partial charge in [-0.1, -0.05) is 19.9 Å². The van der Waals surface area contributed by atoms with Crippen LogP contribution in [0.15, 0.2) is 18.3 Å². The van der Waals surface area contributed by atoms with Crippen LogP contribution in [0.2, 0.25) is 0 Å². The van der Waals surface area contributed by atoms with Gasteiger partial charge >= 0.3 is 0 Å². The van der Waals surface area contributed by atoms with Crippen molar-refractivity contribution >= 4 is 5.82 Å². The Kier molecular flexibility index (Phi) is 3.91. The zero-order chi connectivity index (χ0) is 13.3. The van der Waals surface area contributed by atoms with E-state index in [9.17, 15) is 5.11 Å². The maximum Gasteiger partial charge on any atom is 0.128 e. The fraction of sp³-hybridized carbons (Fsp3) is 0.667. The van der Waals surface area contributed by atoms with Gasteiger partial charge in [0.2, 0.25) is 0 Å². The van der Waals surface area contributed by atoms with Gasteiger partial charge in [0.15, 0.2) is 0 Å². The van der Waals surface area contributed by atoms with Gasteiger partial charge in [0.1, 0.15) is 5.82 Å². The first-order valence-corrected chi connectivity index (χ1v) is 6.89. The molecule has 3 nitrogen and oxygen atoms in total. The Labute approximate surface area is 110 Å². The van der Waals surface area contributed by atoms with Gasteiger partial charge in [-0.25, -0.2) is 4.98 Å². The second-order valence-corrected chi connectivity index (χ2v) is 5.84. The Morgan fingerprint density at radius 3 is 2.61 bits per heavy atom. The third kappa shape index (κ3) is 2.66. The summed E-state index contributed by atoms with van der Waals surface area (Å²) in [6.45, 7) is 9.74. The van der Waals surface area contributed by atoms with Gasteiger partial charge in [-0.2, -0.15) is 0 Å². The van der Waals surface area contributed by atoms with E-state index in [2.05, 4.69) is 30.7 Å². The van der Waals surface area contributed by atoms with Gasteiger partial charge in [0.25, 0.3) is 0 Å². The lowest BCUT2D eigenvalue weighted by Gasteiger charge is -2.42. The summed E-state index contributed by atoms with van der Waals surface area (Å²) >= 11 is 0. The minimum Gasteiger partial charge on any atom is -0.389 e. The Balaban J connectivity index is 2.19. The van der Waals surface area contributed by atoms with Crippen LogP contribution in [-0.2, 0) is 0 Å². The van der Waals surface area contributed by atoms with Crippen LogP contribution in [0, 0.1) is 11.8 Å². The van der Waals surface area contributed by atoms with Gasteiger partial charge in [-0.05, 0) is 43.7 Å². The molecule has 0 bridgehead atoms. The summed E-state index contributed by atoms with van der Waals surface area (Å²) in [5, 5.41) is 9.51. The molecular formula is C15H24N2O. The Hall–Kier alpha value is -1.09. The van der Waals surface area contributed by atoms with Crippen LogP contribution < -0.4 is 4.90 Å². The van der Waals surface area contributed by atoms with E-state index in [1.165, 1.54) is 6.42 Å². The molecule has 0 aliphatic carbocycles. The summed E-state index contributed by atoms with van der Waals surface area (Å²) < 4.78 is 0. The van der Waals surface area contributed by atoms with E-state index in [0.717, 1.165) is 23.8 Å². The summed E-state index contributed by atoms with van der Waals surface area (Å²) in [6, 6.07) is 4.54. The number of nitrogens with zero attached hydrogens (tertiary/aromatic N) is 2. The Morgan fingerprint density at radius 2 is 2.06 bits per heavy atom. The van der Waals surface area contributed by atoms with Gasteiger partial charge < -0.3 is 10.0 Å². The summed E-state index contributed by atoms with van der Waals surface area (Å²) in [5.41, 5.74) is 0.879. The molecule has 1 aromatic heterocycles. The van der Waals surface area contributed by atoms with Gasteiger partial charge in [-0.3, -0.25) is 0 Å². The first-order valence-electron chi connectivity index (χ1n) is 6.89. The highest BCUT2D eigenvalue weighted by Gasteiger charge is 2.29. The van der Waals surface area contributed by atoms with Crippen molar-refractivity contribution in [2.75, 3.05) is 11.4 Å². The second kappa shape index (κ2) is 5.27. The molecule has 0 radical (unpaired) electrons. The van der Waals surface area contributed by atoms with Crippen LogP contribution in [0.1, 0.15) is 45.8 Å². The third-order valence-electron chi connectivity index (χ3n) is 4.15. The molecule has 4 unspecified atom stereocenters. The fourth-order valence-electron chi connectivity index (χ4n) is 2.83. The van der Waals surface area contributed by atoms with Crippen LogP contribution in [0.5, 0.6) is 0 Å². The largest absolute Gasteiger partial charge is 0.389 e. The minimum atomic E-state index is -0.442. The molecule has 100 valence electrons. The summed E-state index contributed by atoms with van der Waals surface area (Å²) in [7, 11) is 0. The predicted octanol–water partition coefficient (Wildman–Crippen LogP) is 3.01. The van der Waals surface area contributed by atoms with Crippen molar-refractivity contribution in [3.05, 3.63) is 23.9 Å². The number of rotatable bonds is 2. The lowest BCUT2D eigenvalue weighted by molar-refractivity contribution is 0.199. The van der Waals surface area contributed by atoms with Crippen molar-refractivity contribution in [1.29, 1.82) is 0 Å². The topological polar surface area (TPSA) is 36.4 Å². The number of anilines is 1. The number of hydrogen-bond donors (Lipinski definition) is 1. The van der Waals surface area contributed by atoms with Crippen molar-refractivity contribution in [2.45, 2.75) is 46.3 Å². The van der Waals surface area contributed by atoms with E-state index in [1.54, 1.807) is 13.1 Å². The number of aliphatic hydroxyl groups is 1. The molecule has 4 atom stereocenters. The molecule has 0 saturated carbocycles. The maximum atomic E-state index is 9.51. The second-order valence-electron chi connectivity index (χ2n) is 5.84. The molecule has 1 fully saturated rings. The van der Waals surface area contributed by atoms with Crippen molar-refractivity contribution in [2.24, 2.45) is 11.8 Å². The highest BCUT2D eigenvalue weighted by atomic mass is 16.3. The zero-order valence-electron chi connectivity index (χ0n) is 11.8. The molecule has 0 spiro atoms. The van der Waals surface area contributed by atoms with Crippen molar-refractivity contribution in [3.8, 4) is 0 Å². The number of aliphatic hydroxyl groups excluding tert-OH is 1. The molecule has 1 saturated heterocycles. The summed E-state index contributed by atoms with van der Waals surface area (Å²) in [5.74, 6) is 2.45. The zero-order valence-corrected chi connectivity index (χ0v) is 11.8. The van der Waals surface area contributed by atoms with Gasteiger partial charge in [0, 0.05) is 18.8 Å². The molecule has 1 N–H and O–H groups in total. The minimum absolute atomic E-state index is 0.442. The van der Waals surface area contributed by atoms with Crippen LogP contribution in [0.3, 0.4) is 0 Å². The first-order chi connectivity index (χ1) is 8.49. The standard InChI is InChI=1S/C15H24N2O/c1-10-7-11(2)12(3)17(9-10)15-6-5-14(8-16-15)13(4)18/h5-6,8,10-13,18H,7,9H2,1-4H3. The normalized spacial score (nSPS) is 30.3. The average Bonchev–Trinajstić information content (AvgIpc) is 2.34. The van der Waals surface area contributed by atoms with E-state index in [0.29, 0.717) is 12.0 Å². The monoisotopic (exact) mass is 248 g/mol. The van der Waals surface area contributed by atoms with E-state index in [4.69, 9.17) is 0 Å². The quantitative estimate of drug-likeness (QED) is 0.874. The lowest BCUT2D eigenvalue weighted by atomic mass is 9.86. The van der Waals surface area contributed by atoms with Crippen molar-refractivity contribution in [3.63, 3.8) is 0 Å². The molecule has 2 heterocycles. The lowest BCUT2D eigenvalue weighted by Crippen LogP contribution is -2.46. The number of aromatic nitrogens is 1. The number of piperidine rings is 1. The molecular weight excluding hydrogens is 224 g/mol. The highest BCUT2D eigenvalue weighted by Crippen LogP contribution is 2.30. The third-order valence-corrected chi connectivity index (χ3v) is 4.15. The van der Waals surface area contributed by atoms with Crippen molar-refractivity contribution in [1.82, 2.24) is 4.98 Å². The highest BCUT2D eigenvalue weighted by molar-refractivity contribution is 5.41. The predicted molar refractivity (Wildman–Crippen MR) is 74.6 cm³/mol. The molecule has 3 heteroatoms. The van der Waals surface area contributed by atoms with E-state index in [1.807, 2.05) is 12.1 Å². The molecule has 0 aromatic carbocycles. The Bertz CT molecular complexity index is 388. The van der Waals surface area contributed by atoms with Crippen LogP contribution in [-0.4, -0.2) is 22.7 Å². The van der Waals surface area contributed by atoms with E-state index in [-0.39, 0.29) is 0 Å². The average molecular weight is 248 g/mol. The SMILES string of the molecule is CC1CC(C)C(C)N(c2ccc(C(C)O)cn2)C1. The molecule has 1 aliphatic rings. The van der Waals surface area contributed by atoms with Gasteiger partial charge in [-0.15, -0.1) is 0 Å². The fourth-order valence-corrected chi connectivity index (χ4v) is 2.83. The Morgan fingerprint density at radius 1 is 1.33 bits per heavy atom. The maximum absolute atomic E-state index is 9.51. The molecule has 2 rings (SSSR count). The number of pyridine rings is 1. The molecule has 0 amide bonds. The van der Waals surface area contributed by atoms with E-state index < -0.39 is 6.10 Å². The van der Waals surface area contributed by atoms with Crippen molar-refractivity contribution < 1.29 is 5.11 Å². The molecule has 1 aromatic rings. The first kappa shape index (κ1) is 13.3. The van der Waals surface area contributed by atoms with E-state index >= 15 is 0 Å². The van der Waals surface area contributed by atoms with Gasteiger partial charge in [0.05, 0.1) is 6.10 Å². The summed E-state index contributed by atoms with van der Waals surface area (Å²) in [6.07, 6.45) is 2.64. The van der Waals surface area contributed by atoms with Crippen LogP contribution in [0.4, 0.5) is 5.82 Å². The molecule has 1 aliphatic heterocycles. The van der Waals surface area contributed by atoms with Crippen LogP contribution >= 0.6 is 0 Å². The smallest absolute Gasteiger partial charge is 0.128 e. The number of hydrogen-bond acceptors (Lipinski definition) is 3. The molecule has 18 heavy (non-hydrogen) atoms. The summed E-state index contributed by atoms with van der Waals surface area (Å²) in [4.78, 5) is 6.90.